The van der Waals surface area contributed by atoms with Crippen LogP contribution >= 0.6 is 0 Å². The lowest BCUT2D eigenvalue weighted by atomic mass is 10.1. The van der Waals surface area contributed by atoms with Crippen LogP contribution in [0.25, 0.3) is 0 Å². The van der Waals surface area contributed by atoms with Crippen LogP contribution in [0.3, 0.4) is 0 Å². The lowest BCUT2D eigenvalue weighted by molar-refractivity contribution is 0.387. The Morgan fingerprint density at radius 2 is 2.29 bits per heavy atom. The number of methoxy groups -OCH3 is 1. The lowest BCUT2D eigenvalue weighted by Crippen LogP contribution is -2.30. The van der Waals surface area contributed by atoms with Gasteiger partial charge in [0, 0.05) is 12.5 Å². The van der Waals surface area contributed by atoms with E-state index in [4.69, 9.17) is 15.0 Å². The van der Waals surface area contributed by atoms with Crippen molar-refractivity contribution in [3.8, 4) is 5.88 Å². The Morgan fingerprint density at radius 3 is 2.82 bits per heavy atom. The highest BCUT2D eigenvalue weighted by molar-refractivity contribution is 5.15. The van der Waals surface area contributed by atoms with Crippen LogP contribution in [0, 0.1) is 0 Å². The van der Waals surface area contributed by atoms with Crippen molar-refractivity contribution in [2.24, 2.45) is 5.84 Å². The zero-order valence-corrected chi connectivity index (χ0v) is 9.46. The second kappa shape index (κ2) is 5.42. The van der Waals surface area contributed by atoms with Gasteiger partial charge in [-0.15, -0.1) is 5.10 Å². The normalized spacial score (nSPS) is 12.4. The first-order valence-corrected chi connectivity index (χ1v) is 5.19. The smallest absolute Gasteiger partial charge is 0.233 e. The molecule has 0 amide bonds. The van der Waals surface area contributed by atoms with Gasteiger partial charge < -0.3 is 9.15 Å². The number of hydrazine groups is 1. The molecule has 0 aliphatic heterocycles. The molecule has 0 spiro atoms. The molecule has 17 heavy (non-hydrogen) atoms. The van der Waals surface area contributed by atoms with Crippen LogP contribution in [0.15, 0.2) is 34.9 Å². The van der Waals surface area contributed by atoms with E-state index in [1.807, 2.05) is 18.2 Å². The first-order chi connectivity index (χ1) is 8.33. The number of furan rings is 1. The largest absolute Gasteiger partial charge is 0.480 e. The van der Waals surface area contributed by atoms with Gasteiger partial charge in [-0.2, -0.15) is 5.10 Å². The van der Waals surface area contributed by atoms with E-state index < -0.39 is 0 Å². The number of aromatic nitrogens is 2. The standard InChI is InChI=1S/C11H14N4O2/c1-16-11-5-4-9(14-15-11)10(13-12)7-8-3-2-6-17-8/h2-6,10,13H,7,12H2,1H3. The van der Waals surface area contributed by atoms with Gasteiger partial charge in [0.1, 0.15) is 5.76 Å². The number of nitrogens with zero attached hydrogens (tertiary/aromatic N) is 2. The summed E-state index contributed by atoms with van der Waals surface area (Å²) in [6.45, 7) is 0. The van der Waals surface area contributed by atoms with Crippen LogP contribution in [0.5, 0.6) is 5.88 Å². The van der Waals surface area contributed by atoms with Crippen molar-refractivity contribution in [2.75, 3.05) is 7.11 Å². The molecule has 6 nitrogen and oxygen atoms in total. The molecule has 6 heteroatoms. The predicted molar refractivity (Wildman–Crippen MR) is 61.1 cm³/mol. The molecule has 0 aromatic carbocycles. The maximum absolute atomic E-state index is 5.50. The molecule has 0 aliphatic rings. The van der Waals surface area contributed by atoms with Crippen molar-refractivity contribution in [1.82, 2.24) is 15.6 Å². The van der Waals surface area contributed by atoms with Gasteiger partial charge in [0.2, 0.25) is 5.88 Å². The Hall–Kier alpha value is -1.92. The van der Waals surface area contributed by atoms with Crippen LogP contribution in [-0.4, -0.2) is 17.3 Å². The van der Waals surface area contributed by atoms with Gasteiger partial charge in [0.15, 0.2) is 0 Å². The zero-order chi connectivity index (χ0) is 12.1. The first-order valence-electron chi connectivity index (χ1n) is 5.19. The van der Waals surface area contributed by atoms with Gasteiger partial charge >= 0.3 is 0 Å². The van der Waals surface area contributed by atoms with Crippen molar-refractivity contribution in [3.05, 3.63) is 42.0 Å². The van der Waals surface area contributed by atoms with Gasteiger partial charge in [0.05, 0.1) is 25.1 Å². The van der Waals surface area contributed by atoms with Crippen LogP contribution in [0.2, 0.25) is 0 Å². The second-order valence-corrected chi connectivity index (χ2v) is 3.50. The molecule has 0 fully saturated rings. The Bertz CT molecular complexity index is 441. The van der Waals surface area contributed by atoms with Crippen LogP contribution in [0.1, 0.15) is 17.5 Å². The van der Waals surface area contributed by atoms with E-state index in [2.05, 4.69) is 15.6 Å². The molecule has 0 saturated heterocycles. The number of nitrogens with two attached hydrogens (primary N) is 1. The number of hydrogen-bond donors (Lipinski definition) is 2. The molecular formula is C11H14N4O2. The van der Waals surface area contributed by atoms with E-state index in [0.717, 1.165) is 11.5 Å². The Labute approximate surface area is 98.8 Å². The molecule has 1 atom stereocenters. The van der Waals surface area contributed by atoms with Crippen LogP contribution < -0.4 is 16.0 Å². The Kier molecular flexibility index (Phi) is 3.69. The molecule has 2 aromatic heterocycles. The van der Waals surface area contributed by atoms with Crippen molar-refractivity contribution in [3.63, 3.8) is 0 Å². The molecule has 90 valence electrons. The Morgan fingerprint density at radius 1 is 1.41 bits per heavy atom. The van der Waals surface area contributed by atoms with Gasteiger partial charge in [-0.3, -0.25) is 11.3 Å². The summed E-state index contributed by atoms with van der Waals surface area (Å²) in [4.78, 5) is 0. The van der Waals surface area contributed by atoms with Crippen molar-refractivity contribution in [1.29, 1.82) is 0 Å². The van der Waals surface area contributed by atoms with Crippen LogP contribution in [-0.2, 0) is 6.42 Å². The average molecular weight is 234 g/mol. The highest BCUT2D eigenvalue weighted by Gasteiger charge is 2.14. The van der Waals surface area contributed by atoms with Crippen molar-refractivity contribution < 1.29 is 9.15 Å². The lowest BCUT2D eigenvalue weighted by Gasteiger charge is -2.13. The van der Waals surface area contributed by atoms with Gasteiger partial charge in [-0.1, -0.05) is 0 Å². The Balaban J connectivity index is 2.11. The average Bonchev–Trinajstić information content (AvgIpc) is 2.89. The fourth-order valence-electron chi connectivity index (χ4n) is 1.50. The van der Waals surface area contributed by atoms with E-state index in [1.54, 1.807) is 19.4 Å². The van der Waals surface area contributed by atoms with E-state index >= 15 is 0 Å². The number of rotatable bonds is 5. The predicted octanol–water partition coefficient (Wildman–Crippen LogP) is 0.825. The van der Waals surface area contributed by atoms with Gasteiger partial charge in [0.25, 0.3) is 0 Å². The SMILES string of the molecule is COc1ccc(C(Cc2ccco2)NN)nn1. The highest BCUT2D eigenvalue weighted by atomic mass is 16.5. The van der Waals surface area contributed by atoms with E-state index in [-0.39, 0.29) is 6.04 Å². The third kappa shape index (κ3) is 2.80. The topological polar surface area (TPSA) is 86.2 Å². The fourth-order valence-corrected chi connectivity index (χ4v) is 1.50. The minimum absolute atomic E-state index is 0.139. The summed E-state index contributed by atoms with van der Waals surface area (Å²) < 4.78 is 10.2. The molecule has 0 aliphatic carbocycles. The summed E-state index contributed by atoms with van der Waals surface area (Å²) in [6, 6.07) is 7.15. The summed E-state index contributed by atoms with van der Waals surface area (Å²) in [6.07, 6.45) is 2.24. The van der Waals surface area contributed by atoms with Crippen LogP contribution in [0.4, 0.5) is 0 Å². The molecule has 2 heterocycles. The van der Waals surface area contributed by atoms with Gasteiger partial charge in [-0.05, 0) is 18.2 Å². The van der Waals surface area contributed by atoms with Gasteiger partial charge in [-0.25, -0.2) is 0 Å². The van der Waals surface area contributed by atoms with Crippen molar-refractivity contribution in [2.45, 2.75) is 12.5 Å². The minimum Gasteiger partial charge on any atom is -0.480 e. The second-order valence-electron chi connectivity index (χ2n) is 3.50. The summed E-state index contributed by atoms with van der Waals surface area (Å²) in [5, 5.41) is 7.94. The number of nitrogens with one attached hydrogen (secondary N) is 1. The third-order valence-corrected chi connectivity index (χ3v) is 2.41. The molecular weight excluding hydrogens is 220 g/mol. The summed E-state index contributed by atoms with van der Waals surface area (Å²) in [5.41, 5.74) is 3.43. The zero-order valence-electron chi connectivity index (χ0n) is 9.46. The summed E-state index contributed by atoms with van der Waals surface area (Å²) in [7, 11) is 1.55. The fraction of sp³-hybridized carbons (Fsp3) is 0.273. The molecule has 3 N–H and O–H groups in total. The quantitative estimate of drug-likeness (QED) is 0.588. The number of hydrogen-bond acceptors (Lipinski definition) is 6. The van der Waals surface area contributed by atoms with E-state index in [9.17, 15) is 0 Å². The third-order valence-electron chi connectivity index (χ3n) is 2.41. The first kappa shape index (κ1) is 11.6. The minimum atomic E-state index is -0.139. The molecule has 0 saturated carbocycles. The van der Waals surface area contributed by atoms with Crippen molar-refractivity contribution >= 4 is 0 Å². The number of ether oxygens (including phenoxy) is 1. The molecule has 0 bridgehead atoms. The maximum Gasteiger partial charge on any atom is 0.233 e. The molecule has 1 unspecified atom stereocenters. The molecule has 2 rings (SSSR count). The van der Waals surface area contributed by atoms with E-state index in [1.165, 1.54) is 0 Å². The maximum atomic E-state index is 5.50. The summed E-state index contributed by atoms with van der Waals surface area (Å²) >= 11 is 0. The van der Waals surface area contributed by atoms with E-state index in [0.29, 0.717) is 12.3 Å². The molecule has 0 radical (unpaired) electrons. The summed E-state index contributed by atoms with van der Waals surface area (Å²) in [5.74, 6) is 6.81. The monoisotopic (exact) mass is 234 g/mol. The molecule has 2 aromatic rings. The highest BCUT2D eigenvalue weighted by Crippen LogP contribution is 2.16.